The van der Waals surface area contributed by atoms with E-state index in [4.69, 9.17) is 16.6 Å². The van der Waals surface area contributed by atoms with Gasteiger partial charge in [-0.25, -0.2) is 8.42 Å². The first kappa shape index (κ1) is 13.7. The van der Waals surface area contributed by atoms with Gasteiger partial charge in [-0.3, -0.25) is 9.36 Å². The van der Waals surface area contributed by atoms with Crippen molar-refractivity contribution in [2.24, 2.45) is 0 Å². The van der Waals surface area contributed by atoms with E-state index in [9.17, 15) is 13.2 Å². The highest BCUT2D eigenvalue weighted by Crippen LogP contribution is 2.27. The van der Waals surface area contributed by atoms with Crippen molar-refractivity contribution >= 4 is 33.4 Å². The van der Waals surface area contributed by atoms with Crippen LogP contribution in [0.3, 0.4) is 0 Å². The monoisotopic (exact) mass is 329 g/mol. The number of aromatic nitrogens is 1. The van der Waals surface area contributed by atoms with Gasteiger partial charge in [0.05, 0.1) is 28.7 Å². The Hall–Kier alpha value is -1.25. The highest BCUT2D eigenvalue weighted by atomic mass is 32.2. The Bertz CT molecular complexity index is 814. The second-order valence-electron chi connectivity index (χ2n) is 4.62. The lowest BCUT2D eigenvalue weighted by atomic mass is 10.2. The number of hydrogen-bond donors (Lipinski definition) is 0. The molecular weight excluding hydrogens is 318 g/mol. The minimum absolute atomic E-state index is 0.0106. The summed E-state index contributed by atoms with van der Waals surface area (Å²) in [5, 5.41) is 0. The second-order valence-corrected chi connectivity index (χ2v) is 8.52. The van der Waals surface area contributed by atoms with E-state index in [2.05, 4.69) is 0 Å². The van der Waals surface area contributed by atoms with Crippen molar-refractivity contribution < 1.29 is 12.8 Å². The Balaban J connectivity index is 2.07. The van der Waals surface area contributed by atoms with Crippen molar-refractivity contribution in [1.82, 2.24) is 4.57 Å². The van der Waals surface area contributed by atoms with Gasteiger partial charge in [-0.15, -0.1) is 11.3 Å². The van der Waals surface area contributed by atoms with Crippen LogP contribution in [0.5, 0.6) is 0 Å². The van der Waals surface area contributed by atoms with E-state index in [1.807, 2.05) is 0 Å². The van der Waals surface area contributed by atoms with Gasteiger partial charge in [-0.1, -0.05) is 0 Å². The molecule has 5 nitrogen and oxygen atoms in total. The maximum Gasteiger partial charge on any atom is 0.254 e. The highest BCUT2D eigenvalue weighted by molar-refractivity contribution is 7.91. The molecule has 8 heteroatoms. The molecular formula is C12H11NO4S3. The Morgan fingerprint density at radius 2 is 2.25 bits per heavy atom. The van der Waals surface area contributed by atoms with Gasteiger partial charge in [0.2, 0.25) is 0 Å². The van der Waals surface area contributed by atoms with Gasteiger partial charge in [0.25, 0.3) is 5.56 Å². The smallest absolute Gasteiger partial charge is 0.254 e. The summed E-state index contributed by atoms with van der Waals surface area (Å²) < 4.78 is 30.1. The van der Waals surface area contributed by atoms with E-state index in [1.165, 1.54) is 28.2 Å². The Labute approximate surface area is 124 Å². The van der Waals surface area contributed by atoms with Gasteiger partial charge < -0.3 is 4.42 Å². The van der Waals surface area contributed by atoms with Crippen LogP contribution in [-0.2, 0) is 9.84 Å². The summed E-state index contributed by atoms with van der Waals surface area (Å²) in [6, 6.07) is 4.59. The number of nitrogens with zero attached hydrogens (tertiary/aromatic N) is 1. The molecule has 0 N–H and O–H groups in total. The average Bonchev–Trinajstić information content (AvgIpc) is 2.98. The third-order valence-corrected chi connectivity index (χ3v) is 6.33. The first-order valence-corrected chi connectivity index (χ1v) is 9.02. The van der Waals surface area contributed by atoms with E-state index < -0.39 is 9.84 Å². The zero-order valence-corrected chi connectivity index (χ0v) is 12.8. The third-order valence-electron chi connectivity index (χ3n) is 3.22. The first-order chi connectivity index (χ1) is 9.46. The molecule has 106 valence electrons. The van der Waals surface area contributed by atoms with Crippen LogP contribution < -0.4 is 5.56 Å². The van der Waals surface area contributed by atoms with Gasteiger partial charge in [0.1, 0.15) is 5.76 Å². The van der Waals surface area contributed by atoms with Crippen LogP contribution in [0.15, 0.2) is 33.7 Å². The highest BCUT2D eigenvalue weighted by Gasteiger charge is 2.30. The summed E-state index contributed by atoms with van der Waals surface area (Å²) >= 11 is 6.51. The van der Waals surface area contributed by atoms with Gasteiger partial charge in [0, 0.05) is 6.07 Å². The Morgan fingerprint density at radius 3 is 2.80 bits per heavy atom. The minimum Gasteiger partial charge on any atom is -0.464 e. The molecule has 1 fully saturated rings. The topological polar surface area (TPSA) is 69.3 Å². The van der Waals surface area contributed by atoms with Crippen LogP contribution in [0.2, 0.25) is 0 Å². The average molecular weight is 329 g/mol. The van der Waals surface area contributed by atoms with Crippen molar-refractivity contribution in [3.05, 3.63) is 38.8 Å². The van der Waals surface area contributed by atoms with E-state index in [1.54, 1.807) is 12.1 Å². The molecule has 1 unspecified atom stereocenters. The molecule has 0 aromatic carbocycles. The predicted molar refractivity (Wildman–Crippen MR) is 79.4 cm³/mol. The van der Waals surface area contributed by atoms with E-state index in [0.717, 1.165) is 0 Å². The molecule has 0 bridgehead atoms. The van der Waals surface area contributed by atoms with Crippen LogP contribution >= 0.6 is 23.6 Å². The lowest BCUT2D eigenvalue weighted by Crippen LogP contribution is -2.25. The van der Waals surface area contributed by atoms with Crippen LogP contribution in [0, 0.1) is 3.95 Å². The summed E-state index contributed by atoms with van der Waals surface area (Å²) in [5.41, 5.74) is -0.276. The number of rotatable bonds is 2. The van der Waals surface area contributed by atoms with Crippen molar-refractivity contribution in [2.45, 2.75) is 12.5 Å². The van der Waals surface area contributed by atoms with Crippen LogP contribution in [-0.4, -0.2) is 24.5 Å². The van der Waals surface area contributed by atoms with Gasteiger partial charge in [-0.2, -0.15) is 0 Å². The van der Waals surface area contributed by atoms with Gasteiger partial charge in [0.15, 0.2) is 13.8 Å². The van der Waals surface area contributed by atoms with Crippen LogP contribution in [0.4, 0.5) is 0 Å². The summed E-state index contributed by atoms with van der Waals surface area (Å²) in [6.45, 7) is 0. The number of hydrogen-bond acceptors (Lipinski definition) is 6. The van der Waals surface area contributed by atoms with E-state index in [-0.39, 0.29) is 23.1 Å². The van der Waals surface area contributed by atoms with Gasteiger partial charge in [-0.05, 0) is 30.8 Å². The molecule has 2 aromatic rings. The molecule has 0 saturated carbocycles. The minimum atomic E-state index is -3.05. The van der Waals surface area contributed by atoms with Crippen LogP contribution in [0.25, 0.3) is 10.6 Å². The zero-order chi connectivity index (χ0) is 14.3. The molecule has 20 heavy (non-hydrogen) atoms. The Kier molecular flexibility index (Phi) is 3.39. The fraction of sp³-hybridized carbons (Fsp3) is 0.333. The maximum absolute atomic E-state index is 12.2. The van der Waals surface area contributed by atoms with Gasteiger partial charge >= 0.3 is 0 Å². The SMILES string of the molecule is O=c1cc(-c2ccco2)sc(=S)n1C1CCS(=O)(=O)C1. The standard InChI is InChI=1S/C12H11NO4S3/c14-11-6-10(9-2-1-4-17-9)19-12(18)13(11)8-3-5-20(15,16)7-8/h1-2,4,6,8H,3,5,7H2. The predicted octanol–water partition coefficient (Wildman–Crippen LogP) is 2.26. The van der Waals surface area contributed by atoms with E-state index >= 15 is 0 Å². The fourth-order valence-corrected chi connectivity index (χ4v) is 5.40. The molecule has 1 aliphatic rings. The number of furan rings is 1. The molecule has 0 spiro atoms. The van der Waals surface area contributed by atoms with Crippen molar-refractivity contribution in [3.8, 4) is 10.6 Å². The molecule has 1 saturated heterocycles. The number of sulfone groups is 1. The first-order valence-electron chi connectivity index (χ1n) is 5.97. The van der Waals surface area contributed by atoms with Crippen molar-refractivity contribution in [1.29, 1.82) is 0 Å². The molecule has 1 aliphatic heterocycles. The zero-order valence-electron chi connectivity index (χ0n) is 10.3. The lowest BCUT2D eigenvalue weighted by molar-refractivity contribution is 0.537. The summed E-state index contributed by atoms with van der Waals surface area (Å²) in [5.74, 6) is 0.691. The molecule has 3 rings (SSSR count). The molecule has 3 heterocycles. The fourth-order valence-electron chi connectivity index (χ4n) is 2.29. The summed E-state index contributed by atoms with van der Waals surface area (Å²) in [6.07, 6.45) is 1.97. The van der Waals surface area contributed by atoms with E-state index in [0.29, 0.717) is 21.0 Å². The summed E-state index contributed by atoms with van der Waals surface area (Å²) in [7, 11) is -3.05. The Morgan fingerprint density at radius 1 is 1.45 bits per heavy atom. The molecule has 1 atom stereocenters. The van der Waals surface area contributed by atoms with Crippen molar-refractivity contribution in [3.63, 3.8) is 0 Å². The maximum atomic E-state index is 12.2. The van der Waals surface area contributed by atoms with Crippen LogP contribution in [0.1, 0.15) is 12.5 Å². The molecule has 2 aromatic heterocycles. The largest absolute Gasteiger partial charge is 0.464 e. The van der Waals surface area contributed by atoms with Crippen molar-refractivity contribution in [2.75, 3.05) is 11.5 Å². The molecule has 0 aliphatic carbocycles. The normalized spacial score (nSPS) is 21.1. The quantitative estimate of drug-likeness (QED) is 0.791. The summed E-state index contributed by atoms with van der Waals surface area (Å²) in [4.78, 5) is 12.9. The second kappa shape index (κ2) is 4.94. The lowest BCUT2D eigenvalue weighted by Gasteiger charge is -2.12. The molecule has 0 amide bonds. The molecule has 0 radical (unpaired) electrons. The third kappa shape index (κ3) is 2.50.